The van der Waals surface area contributed by atoms with E-state index in [2.05, 4.69) is 26.1 Å². The van der Waals surface area contributed by atoms with Crippen LogP contribution in [0.4, 0.5) is 15.6 Å². The summed E-state index contributed by atoms with van der Waals surface area (Å²) in [5.41, 5.74) is 2.76. The number of hydrogen-bond donors (Lipinski definition) is 3. The van der Waals surface area contributed by atoms with Crippen LogP contribution in [0, 0.1) is 12.8 Å². The molecule has 2 aromatic carbocycles. The van der Waals surface area contributed by atoms with Crippen molar-refractivity contribution >= 4 is 34.1 Å². The van der Waals surface area contributed by atoms with Crippen LogP contribution in [0.15, 0.2) is 54.6 Å². The number of carbonyl (C=O) groups is 2. The number of para-hydroxylation sites is 1. The van der Waals surface area contributed by atoms with Gasteiger partial charge in [-0.25, -0.2) is 4.79 Å². The molecule has 30 heavy (non-hydrogen) atoms. The van der Waals surface area contributed by atoms with Crippen LogP contribution >= 0.6 is 11.3 Å². The summed E-state index contributed by atoms with van der Waals surface area (Å²) < 4.78 is 0. The van der Waals surface area contributed by atoms with Crippen LogP contribution in [0.25, 0.3) is 10.6 Å². The van der Waals surface area contributed by atoms with Crippen molar-refractivity contribution in [1.29, 1.82) is 0 Å². The summed E-state index contributed by atoms with van der Waals surface area (Å²) >= 11 is 1.30. The molecule has 1 heterocycles. The Labute approximate surface area is 179 Å². The van der Waals surface area contributed by atoms with Gasteiger partial charge in [0.2, 0.25) is 11.0 Å². The van der Waals surface area contributed by atoms with E-state index in [-0.39, 0.29) is 11.8 Å². The average Bonchev–Trinajstić information content (AvgIpc) is 3.21. The maximum atomic E-state index is 12.9. The van der Waals surface area contributed by atoms with Gasteiger partial charge in [-0.3, -0.25) is 10.1 Å². The summed E-state index contributed by atoms with van der Waals surface area (Å²) in [6.07, 6.45) is 0.731. The van der Waals surface area contributed by atoms with E-state index in [4.69, 9.17) is 0 Å². The van der Waals surface area contributed by atoms with Gasteiger partial charge in [0.25, 0.3) is 0 Å². The summed E-state index contributed by atoms with van der Waals surface area (Å²) in [4.78, 5) is 25.3. The number of anilines is 2. The Morgan fingerprint density at radius 2 is 1.70 bits per heavy atom. The molecule has 0 fully saturated rings. The smallest absolute Gasteiger partial charge is 0.319 e. The Hall–Kier alpha value is -3.26. The number of aryl methyl sites for hydroxylation is 1. The highest BCUT2D eigenvalue weighted by atomic mass is 32.1. The molecule has 3 rings (SSSR count). The topological polar surface area (TPSA) is 96.0 Å². The summed E-state index contributed by atoms with van der Waals surface area (Å²) in [6.45, 7) is 5.92. The highest BCUT2D eigenvalue weighted by Crippen LogP contribution is 2.26. The van der Waals surface area contributed by atoms with Crippen molar-refractivity contribution < 1.29 is 9.59 Å². The van der Waals surface area contributed by atoms with E-state index < -0.39 is 12.1 Å². The number of aromatic nitrogens is 2. The molecular formula is C22H25N5O2S. The second-order valence-electron chi connectivity index (χ2n) is 7.10. The third-order valence-corrected chi connectivity index (χ3v) is 5.66. The average molecular weight is 424 g/mol. The van der Waals surface area contributed by atoms with E-state index in [0.29, 0.717) is 10.8 Å². The standard InChI is InChI=1S/C22H25N5O2S/c1-4-15(3)18(24-21(29)23-17-8-6-5-7-9-17)19(28)25-22-27-26-20(30-22)16-12-10-14(2)11-13-16/h5-13,15,18H,4H2,1-3H3,(H2,23,24,29)(H,25,27,28)/t15-,18-/m1/s1. The first kappa shape index (κ1) is 21.4. The highest BCUT2D eigenvalue weighted by Gasteiger charge is 2.27. The van der Waals surface area contributed by atoms with E-state index in [1.54, 1.807) is 12.1 Å². The molecule has 0 radical (unpaired) electrons. The predicted octanol–water partition coefficient (Wildman–Crippen LogP) is 4.69. The Balaban J connectivity index is 1.66. The number of carbonyl (C=O) groups excluding carboxylic acids is 2. The van der Waals surface area contributed by atoms with Crippen LogP contribution in [0.5, 0.6) is 0 Å². The molecule has 1 aromatic heterocycles. The number of nitrogens with zero attached hydrogens (tertiary/aromatic N) is 2. The van der Waals surface area contributed by atoms with Crippen LogP contribution in [0.1, 0.15) is 25.8 Å². The Kier molecular flexibility index (Phi) is 7.13. The van der Waals surface area contributed by atoms with E-state index >= 15 is 0 Å². The van der Waals surface area contributed by atoms with Crippen LogP contribution < -0.4 is 16.0 Å². The maximum Gasteiger partial charge on any atom is 0.319 e. The summed E-state index contributed by atoms with van der Waals surface area (Å²) in [5, 5.41) is 17.7. The first-order chi connectivity index (χ1) is 14.5. The molecule has 3 N–H and O–H groups in total. The Morgan fingerprint density at radius 1 is 1.00 bits per heavy atom. The lowest BCUT2D eigenvalue weighted by Crippen LogP contribution is -2.49. The molecule has 0 aliphatic rings. The molecule has 156 valence electrons. The molecule has 0 spiro atoms. The minimum Gasteiger partial charge on any atom is -0.326 e. The first-order valence-corrected chi connectivity index (χ1v) is 10.6. The van der Waals surface area contributed by atoms with Gasteiger partial charge in [0.1, 0.15) is 11.0 Å². The van der Waals surface area contributed by atoms with Crippen molar-refractivity contribution in [3.63, 3.8) is 0 Å². The van der Waals surface area contributed by atoms with Crippen molar-refractivity contribution in [3.05, 3.63) is 60.2 Å². The van der Waals surface area contributed by atoms with Gasteiger partial charge >= 0.3 is 6.03 Å². The molecule has 0 aliphatic heterocycles. The summed E-state index contributed by atoms with van der Waals surface area (Å²) in [7, 11) is 0. The maximum absolute atomic E-state index is 12.9. The molecule has 3 amide bonds. The molecular weight excluding hydrogens is 398 g/mol. The van der Waals surface area contributed by atoms with E-state index in [1.807, 2.05) is 63.2 Å². The van der Waals surface area contributed by atoms with E-state index in [9.17, 15) is 9.59 Å². The van der Waals surface area contributed by atoms with E-state index in [0.717, 1.165) is 22.6 Å². The quantitative estimate of drug-likeness (QED) is 0.514. The lowest BCUT2D eigenvalue weighted by atomic mass is 9.98. The summed E-state index contributed by atoms with van der Waals surface area (Å²) in [6, 6.07) is 15.9. The number of urea groups is 1. The third kappa shape index (κ3) is 5.64. The molecule has 8 heteroatoms. The van der Waals surface area contributed by atoms with Gasteiger partial charge in [-0.2, -0.15) is 0 Å². The zero-order valence-corrected chi connectivity index (χ0v) is 18.0. The fourth-order valence-corrected chi connectivity index (χ4v) is 3.55. The number of rotatable bonds is 7. The van der Waals surface area contributed by atoms with Crippen LogP contribution in [-0.2, 0) is 4.79 Å². The monoisotopic (exact) mass is 423 g/mol. The Bertz CT molecular complexity index is 988. The number of nitrogens with one attached hydrogen (secondary N) is 3. The van der Waals surface area contributed by atoms with Gasteiger partial charge in [-0.15, -0.1) is 10.2 Å². The molecule has 2 atom stereocenters. The van der Waals surface area contributed by atoms with Crippen molar-refractivity contribution in [2.75, 3.05) is 10.6 Å². The van der Waals surface area contributed by atoms with Crippen LogP contribution in [0.2, 0.25) is 0 Å². The predicted molar refractivity (Wildman–Crippen MR) is 121 cm³/mol. The molecule has 3 aromatic rings. The molecule has 7 nitrogen and oxygen atoms in total. The van der Waals surface area contributed by atoms with E-state index in [1.165, 1.54) is 11.3 Å². The second-order valence-corrected chi connectivity index (χ2v) is 8.07. The van der Waals surface area contributed by atoms with Gasteiger partial charge in [0.15, 0.2) is 0 Å². The molecule has 0 saturated heterocycles. The molecule has 0 bridgehead atoms. The molecule has 0 unspecified atom stereocenters. The van der Waals surface area contributed by atoms with Gasteiger partial charge in [0.05, 0.1) is 0 Å². The third-order valence-electron chi connectivity index (χ3n) is 4.77. The van der Waals surface area contributed by atoms with Crippen LogP contribution in [0.3, 0.4) is 0 Å². The number of hydrogen-bond acceptors (Lipinski definition) is 5. The number of amides is 3. The lowest BCUT2D eigenvalue weighted by Gasteiger charge is -2.23. The van der Waals surface area contributed by atoms with Crippen molar-refractivity contribution in [2.24, 2.45) is 5.92 Å². The van der Waals surface area contributed by atoms with Crippen LogP contribution in [-0.4, -0.2) is 28.2 Å². The summed E-state index contributed by atoms with van der Waals surface area (Å²) in [5.74, 6) is -0.379. The van der Waals surface area contributed by atoms with Gasteiger partial charge in [0, 0.05) is 11.3 Å². The Morgan fingerprint density at radius 3 is 2.37 bits per heavy atom. The zero-order valence-electron chi connectivity index (χ0n) is 17.2. The van der Waals surface area contributed by atoms with Crippen molar-refractivity contribution in [1.82, 2.24) is 15.5 Å². The molecule has 0 aliphatic carbocycles. The van der Waals surface area contributed by atoms with Gasteiger partial charge in [-0.1, -0.05) is 79.6 Å². The molecule has 0 saturated carbocycles. The fraction of sp³-hybridized carbons (Fsp3) is 0.273. The van der Waals surface area contributed by atoms with Crippen molar-refractivity contribution in [3.8, 4) is 10.6 Å². The fourth-order valence-electron chi connectivity index (χ4n) is 2.80. The minimum atomic E-state index is -0.703. The SMILES string of the molecule is CC[C@@H](C)[C@@H](NC(=O)Nc1ccccc1)C(=O)Nc1nnc(-c2ccc(C)cc2)s1. The lowest BCUT2D eigenvalue weighted by molar-refractivity contribution is -0.119. The van der Waals surface area contributed by atoms with Gasteiger partial charge in [-0.05, 0) is 25.0 Å². The normalized spacial score (nSPS) is 12.6. The second kappa shape index (κ2) is 9.98. The van der Waals surface area contributed by atoms with Gasteiger partial charge < -0.3 is 10.6 Å². The largest absolute Gasteiger partial charge is 0.326 e. The first-order valence-electron chi connectivity index (χ1n) is 9.80. The zero-order chi connectivity index (χ0) is 21.5. The number of benzene rings is 2. The van der Waals surface area contributed by atoms with Crippen molar-refractivity contribution in [2.45, 2.75) is 33.2 Å². The highest BCUT2D eigenvalue weighted by molar-refractivity contribution is 7.18. The minimum absolute atomic E-state index is 0.0592.